The number of ether oxygens (including phenoxy) is 2. The Morgan fingerprint density at radius 3 is 2.68 bits per heavy atom. The summed E-state index contributed by atoms with van der Waals surface area (Å²) >= 11 is 0. The minimum atomic E-state index is 0.0976. The molecule has 0 spiro atoms. The van der Waals surface area contributed by atoms with Crippen LogP contribution in [0.15, 0.2) is 41.1 Å². The maximum Gasteiger partial charge on any atom is 0.230 e. The van der Waals surface area contributed by atoms with Crippen molar-refractivity contribution in [3.05, 3.63) is 53.6 Å². The third kappa shape index (κ3) is 4.95. The Bertz CT molecular complexity index is 814. The average Bonchev–Trinajstić information content (AvgIpc) is 3.17. The van der Waals surface area contributed by atoms with Gasteiger partial charge in [0.2, 0.25) is 5.91 Å². The Kier molecular flexibility index (Phi) is 6.76. The lowest BCUT2D eigenvalue weighted by Crippen LogP contribution is -2.30. The summed E-state index contributed by atoms with van der Waals surface area (Å²) in [6.45, 7) is 2.55. The second-order valence-electron chi connectivity index (χ2n) is 6.97. The molecule has 0 unspecified atom stereocenters. The number of fused-ring (bicyclic) bond motifs is 1. The number of carbonyl (C=O) groups excluding carboxylic acids is 1. The van der Waals surface area contributed by atoms with E-state index in [4.69, 9.17) is 13.9 Å². The molecule has 2 heterocycles. The molecule has 0 saturated heterocycles. The van der Waals surface area contributed by atoms with Crippen LogP contribution < -0.4 is 9.47 Å². The van der Waals surface area contributed by atoms with Crippen LogP contribution in [-0.2, 0) is 17.6 Å². The molecule has 0 N–H and O–H groups in total. The van der Waals surface area contributed by atoms with Crippen LogP contribution in [0.2, 0.25) is 0 Å². The summed E-state index contributed by atoms with van der Waals surface area (Å²) in [6.07, 6.45) is 7.72. The molecule has 3 rings (SSSR count). The van der Waals surface area contributed by atoms with Crippen molar-refractivity contribution in [3.8, 4) is 11.5 Å². The summed E-state index contributed by atoms with van der Waals surface area (Å²) in [6, 6.07) is 7.72. The number of furan rings is 1. The van der Waals surface area contributed by atoms with Gasteiger partial charge in [0.25, 0.3) is 0 Å². The topological polar surface area (TPSA) is 55.2 Å². The second-order valence-corrected chi connectivity index (χ2v) is 6.97. The number of amides is 1. The standard InChI is InChI=1S/C22H28N2O4/c1-23(11-8-19-6-4-13-28-19)9-5-10-24-12-7-17-14-20(26-2)21(27-3)15-18(17)16-22(24)25/h4,6-7,12-15H,5,8-11,16H2,1-3H3. The van der Waals surface area contributed by atoms with Crippen LogP contribution >= 0.6 is 0 Å². The monoisotopic (exact) mass is 384 g/mol. The van der Waals surface area contributed by atoms with E-state index in [9.17, 15) is 4.79 Å². The zero-order valence-electron chi connectivity index (χ0n) is 16.8. The maximum atomic E-state index is 12.7. The van der Waals surface area contributed by atoms with Crippen LogP contribution in [0.25, 0.3) is 6.08 Å². The van der Waals surface area contributed by atoms with Gasteiger partial charge in [0.15, 0.2) is 11.5 Å². The molecule has 1 aliphatic rings. The lowest BCUT2D eigenvalue weighted by molar-refractivity contribution is -0.127. The first kappa shape index (κ1) is 20.0. The molecule has 28 heavy (non-hydrogen) atoms. The molecule has 0 bridgehead atoms. The number of carbonyl (C=O) groups is 1. The van der Waals surface area contributed by atoms with Gasteiger partial charge in [-0.1, -0.05) is 0 Å². The van der Waals surface area contributed by atoms with E-state index in [1.54, 1.807) is 25.4 Å². The van der Waals surface area contributed by atoms with Gasteiger partial charge < -0.3 is 23.7 Å². The largest absolute Gasteiger partial charge is 0.493 e. The van der Waals surface area contributed by atoms with E-state index in [-0.39, 0.29) is 5.91 Å². The average molecular weight is 384 g/mol. The van der Waals surface area contributed by atoms with Crippen LogP contribution in [0.4, 0.5) is 0 Å². The van der Waals surface area contributed by atoms with Crippen molar-refractivity contribution in [1.82, 2.24) is 9.80 Å². The third-order valence-electron chi connectivity index (χ3n) is 5.00. The van der Waals surface area contributed by atoms with Crippen molar-refractivity contribution in [2.24, 2.45) is 0 Å². The molecule has 2 aromatic rings. The molecule has 6 nitrogen and oxygen atoms in total. The van der Waals surface area contributed by atoms with Crippen molar-refractivity contribution in [2.45, 2.75) is 19.3 Å². The fraction of sp³-hybridized carbons (Fsp3) is 0.409. The van der Waals surface area contributed by atoms with Gasteiger partial charge >= 0.3 is 0 Å². The summed E-state index contributed by atoms with van der Waals surface area (Å²) in [5.74, 6) is 2.42. The summed E-state index contributed by atoms with van der Waals surface area (Å²) in [5, 5.41) is 0. The smallest absolute Gasteiger partial charge is 0.230 e. The van der Waals surface area contributed by atoms with Gasteiger partial charge in [-0.05, 0) is 61.5 Å². The van der Waals surface area contributed by atoms with Gasteiger partial charge in [-0.3, -0.25) is 4.79 Å². The molecule has 0 radical (unpaired) electrons. The zero-order chi connectivity index (χ0) is 19.9. The highest BCUT2D eigenvalue weighted by atomic mass is 16.5. The van der Waals surface area contributed by atoms with E-state index >= 15 is 0 Å². The van der Waals surface area contributed by atoms with E-state index in [0.717, 1.165) is 42.8 Å². The van der Waals surface area contributed by atoms with Gasteiger partial charge in [0.05, 0.1) is 26.9 Å². The second kappa shape index (κ2) is 9.46. The van der Waals surface area contributed by atoms with Crippen LogP contribution in [0.5, 0.6) is 11.5 Å². The number of benzene rings is 1. The number of methoxy groups -OCH3 is 2. The quantitative estimate of drug-likeness (QED) is 0.664. The highest BCUT2D eigenvalue weighted by molar-refractivity contribution is 5.84. The van der Waals surface area contributed by atoms with E-state index < -0.39 is 0 Å². The van der Waals surface area contributed by atoms with E-state index in [0.29, 0.717) is 24.5 Å². The van der Waals surface area contributed by atoms with Crippen LogP contribution in [-0.4, -0.2) is 56.6 Å². The Morgan fingerprint density at radius 1 is 1.18 bits per heavy atom. The lowest BCUT2D eigenvalue weighted by atomic mass is 10.0. The predicted molar refractivity (Wildman–Crippen MR) is 109 cm³/mol. The van der Waals surface area contributed by atoms with Gasteiger partial charge in [-0.15, -0.1) is 0 Å². The molecule has 6 heteroatoms. The number of likely N-dealkylation sites (N-methyl/N-ethyl adjacent to an activating group) is 1. The Labute approximate surface area is 166 Å². The number of hydrogen-bond acceptors (Lipinski definition) is 5. The first-order chi connectivity index (χ1) is 13.6. The predicted octanol–water partition coefficient (Wildman–Crippen LogP) is 3.22. The van der Waals surface area contributed by atoms with Gasteiger partial charge in [-0.2, -0.15) is 0 Å². The molecule has 0 fully saturated rings. The Morgan fingerprint density at radius 2 is 1.96 bits per heavy atom. The summed E-state index contributed by atoms with van der Waals surface area (Å²) in [7, 11) is 5.31. The van der Waals surface area contributed by atoms with Gasteiger partial charge in [0.1, 0.15) is 5.76 Å². The first-order valence-corrected chi connectivity index (χ1v) is 9.54. The van der Waals surface area contributed by atoms with Crippen molar-refractivity contribution in [2.75, 3.05) is 40.9 Å². The molecule has 0 aliphatic carbocycles. The molecule has 1 aromatic heterocycles. The molecule has 1 aliphatic heterocycles. The Hall–Kier alpha value is -2.73. The molecular formula is C22H28N2O4. The highest BCUT2D eigenvalue weighted by Crippen LogP contribution is 2.32. The molecule has 150 valence electrons. The highest BCUT2D eigenvalue weighted by Gasteiger charge is 2.19. The van der Waals surface area contributed by atoms with Crippen molar-refractivity contribution in [3.63, 3.8) is 0 Å². The SMILES string of the molecule is COc1cc2c(cc1OC)CC(=O)N(CCCN(C)CCc1ccco1)C=C2. The molecule has 1 amide bonds. The Balaban J connectivity index is 1.53. The lowest BCUT2D eigenvalue weighted by Gasteiger charge is -2.20. The summed E-state index contributed by atoms with van der Waals surface area (Å²) in [4.78, 5) is 16.7. The number of hydrogen-bond donors (Lipinski definition) is 0. The van der Waals surface area contributed by atoms with Crippen LogP contribution in [0, 0.1) is 0 Å². The third-order valence-corrected chi connectivity index (χ3v) is 5.00. The fourth-order valence-corrected chi connectivity index (χ4v) is 3.34. The minimum Gasteiger partial charge on any atom is -0.493 e. The first-order valence-electron chi connectivity index (χ1n) is 9.54. The van der Waals surface area contributed by atoms with Crippen LogP contribution in [0.1, 0.15) is 23.3 Å². The van der Waals surface area contributed by atoms with E-state index in [1.807, 2.05) is 36.5 Å². The zero-order valence-corrected chi connectivity index (χ0v) is 16.8. The van der Waals surface area contributed by atoms with Crippen molar-refractivity contribution < 1.29 is 18.7 Å². The molecule has 0 saturated carbocycles. The molecule has 1 aromatic carbocycles. The van der Waals surface area contributed by atoms with Crippen molar-refractivity contribution >= 4 is 12.0 Å². The van der Waals surface area contributed by atoms with Gasteiger partial charge in [0, 0.05) is 25.7 Å². The van der Waals surface area contributed by atoms with Gasteiger partial charge in [-0.25, -0.2) is 0 Å². The van der Waals surface area contributed by atoms with E-state index in [1.165, 1.54) is 0 Å². The number of nitrogens with zero attached hydrogens (tertiary/aromatic N) is 2. The van der Waals surface area contributed by atoms with E-state index in [2.05, 4.69) is 11.9 Å². The summed E-state index contributed by atoms with van der Waals surface area (Å²) < 4.78 is 16.1. The summed E-state index contributed by atoms with van der Waals surface area (Å²) in [5.41, 5.74) is 1.95. The minimum absolute atomic E-state index is 0.0976. The van der Waals surface area contributed by atoms with Crippen molar-refractivity contribution in [1.29, 1.82) is 0 Å². The number of rotatable bonds is 9. The maximum absolute atomic E-state index is 12.7. The molecular weight excluding hydrogens is 356 g/mol. The molecule has 0 atom stereocenters. The van der Waals surface area contributed by atoms with Crippen LogP contribution in [0.3, 0.4) is 0 Å². The normalized spacial score (nSPS) is 13.6. The fourth-order valence-electron chi connectivity index (χ4n) is 3.34.